The van der Waals surface area contributed by atoms with Gasteiger partial charge in [0, 0.05) is 6.07 Å². The van der Waals surface area contributed by atoms with Crippen LogP contribution in [0.2, 0.25) is 0 Å². The fourth-order valence-electron chi connectivity index (χ4n) is 1.44. The third-order valence-electron chi connectivity index (χ3n) is 2.48. The minimum atomic E-state index is -0.926. The van der Waals surface area contributed by atoms with Crippen molar-refractivity contribution in [1.29, 1.82) is 0 Å². The van der Waals surface area contributed by atoms with Crippen LogP contribution in [0.5, 0.6) is 0 Å². The molecule has 106 valence electrons. The zero-order valence-electron chi connectivity index (χ0n) is 10.8. The van der Waals surface area contributed by atoms with E-state index in [9.17, 15) is 13.6 Å². The molecule has 0 amide bonds. The number of ether oxygens (including phenoxy) is 1. The molecule has 0 aliphatic rings. The van der Waals surface area contributed by atoms with E-state index in [1.807, 2.05) is 5.43 Å². The fraction of sp³-hybridized carbons (Fsp3) is 0.455. The number of nitrogens with zero attached hydrogens (tertiary/aromatic N) is 1. The Bertz CT molecular complexity index is 468. The zero-order chi connectivity index (χ0) is 14.6. The van der Waals surface area contributed by atoms with Crippen molar-refractivity contribution >= 4 is 17.6 Å². The number of carbonyl (C=O) groups excluding carboxylic acids is 1. The fourth-order valence-corrected chi connectivity index (χ4v) is 1.44. The molecule has 1 aromatic rings. The van der Waals surface area contributed by atoms with Crippen molar-refractivity contribution in [2.75, 3.05) is 17.9 Å². The summed E-state index contributed by atoms with van der Waals surface area (Å²) in [5, 5.41) is 2.58. The summed E-state index contributed by atoms with van der Waals surface area (Å²) in [6.45, 7) is 3.50. The molecule has 19 heavy (non-hydrogen) atoms. The summed E-state index contributed by atoms with van der Waals surface area (Å²) in [5.41, 5.74) is 2.00. The summed E-state index contributed by atoms with van der Waals surface area (Å²) in [4.78, 5) is 15.2. The van der Waals surface area contributed by atoms with Gasteiger partial charge in [-0.25, -0.2) is 24.4 Å². The van der Waals surface area contributed by atoms with Crippen LogP contribution in [0.4, 0.5) is 20.4 Å². The van der Waals surface area contributed by atoms with Gasteiger partial charge < -0.3 is 15.5 Å². The van der Waals surface area contributed by atoms with Gasteiger partial charge in [-0.3, -0.25) is 0 Å². The lowest BCUT2D eigenvalue weighted by Gasteiger charge is -2.20. The highest BCUT2D eigenvalue weighted by Gasteiger charge is 2.25. The Morgan fingerprint density at radius 3 is 2.42 bits per heavy atom. The molecule has 1 atom stereocenters. The molecule has 0 aliphatic heterocycles. The van der Waals surface area contributed by atoms with E-state index in [1.54, 1.807) is 13.8 Å². The molecule has 1 rings (SSSR count). The van der Waals surface area contributed by atoms with Crippen LogP contribution in [0.25, 0.3) is 0 Å². The van der Waals surface area contributed by atoms with Gasteiger partial charge in [0.2, 0.25) is 0 Å². The molecule has 6 nitrogen and oxygen atoms in total. The van der Waals surface area contributed by atoms with Crippen molar-refractivity contribution < 1.29 is 18.3 Å². The summed E-state index contributed by atoms with van der Waals surface area (Å²) in [6.07, 6.45) is 0. The average molecular weight is 274 g/mol. The third kappa shape index (κ3) is 3.50. The maximum atomic E-state index is 13.6. The molecule has 0 aliphatic carbocycles. The molecule has 0 fully saturated rings. The maximum absolute atomic E-state index is 13.6. The number of halogens is 2. The summed E-state index contributed by atoms with van der Waals surface area (Å²) < 4.78 is 31.4. The van der Waals surface area contributed by atoms with E-state index >= 15 is 0 Å². The number of nitrogen functional groups attached to an aromatic ring is 1. The van der Waals surface area contributed by atoms with E-state index < -0.39 is 23.6 Å². The van der Waals surface area contributed by atoms with Crippen molar-refractivity contribution in [3.63, 3.8) is 0 Å². The van der Waals surface area contributed by atoms with Crippen LogP contribution in [0.3, 0.4) is 0 Å². The predicted octanol–water partition coefficient (Wildman–Crippen LogP) is 1.25. The lowest BCUT2D eigenvalue weighted by Crippen LogP contribution is -2.36. The number of hydrazine groups is 1. The van der Waals surface area contributed by atoms with Gasteiger partial charge >= 0.3 is 5.97 Å². The predicted molar refractivity (Wildman–Crippen MR) is 66.2 cm³/mol. The minimum Gasteiger partial charge on any atom is -0.467 e. The highest BCUT2D eigenvalue weighted by atomic mass is 19.1. The van der Waals surface area contributed by atoms with E-state index in [0.717, 1.165) is 0 Å². The van der Waals surface area contributed by atoms with E-state index in [2.05, 4.69) is 15.0 Å². The molecule has 0 spiro atoms. The maximum Gasteiger partial charge on any atom is 0.328 e. The van der Waals surface area contributed by atoms with Crippen molar-refractivity contribution in [3.8, 4) is 0 Å². The number of hydrogen-bond acceptors (Lipinski definition) is 6. The summed E-state index contributed by atoms with van der Waals surface area (Å²) >= 11 is 0. The first-order chi connectivity index (χ1) is 8.90. The second-order valence-electron chi connectivity index (χ2n) is 4.18. The van der Waals surface area contributed by atoms with Crippen molar-refractivity contribution in [2.45, 2.75) is 19.9 Å². The Hall–Kier alpha value is -1.96. The second-order valence-corrected chi connectivity index (χ2v) is 4.18. The lowest BCUT2D eigenvalue weighted by molar-refractivity contribution is -0.142. The number of esters is 1. The molecule has 0 saturated heterocycles. The lowest BCUT2D eigenvalue weighted by atomic mass is 10.0. The molecule has 1 unspecified atom stereocenters. The second kappa shape index (κ2) is 6.28. The van der Waals surface area contributed by atoms with Gasteiger partial charge in [0.25, 0.3) is 0 Å². The molecule has 8 heteroatoms. The average Bonchev–Trinajstić information content (AvgIpc) is 2.36. The molecular formula is C11H16F2N4O2. The molecular weight excluding hydrogens is 258 g/mol. The summed E-state index contributed by atoms with van der Waals surface area (Å²) in [5.74, 6) is 1.86. The number of carbonyl (C=O) groups is 1. The number of aromatic nitrogens is 1. The van der Waals surface area contributed by atoms with Gasteiger partial charge in [0.15, 0.2) is 23.3 Å². The van der Waals surface area contributed by atoms with Crippen LogP contribution in [0.15, 0.2) is 6.07 Å². The number of hydrogen-bond donors (Lipinski definition) is 3. The Morgan fingerprint density at radius 1 is 1.37 bits per heavy atom. The van der Waals surface area contributed by atoms with Crippen molar-refractivity contribution in [3.05, 3.63) is 17.7 Å². The Balaban J connectivity index is 3.06. The van der Waals surface area contributed by atoms with E-state index in [1.165, 1.54) is 7.11 Å². The van der Waals surface area contributed by atoms with E-state index in [4.69, 9.17) is 5.84 Å². The smallest absolute Gasteiger partial charge is 0.328 e. The molecule has 1 heterocycles. The highest BCUT2D eigenvalue weighted by molar-refractivity contribution is 5.79. The number of methoxy groups -OCH3 is 1. The number of pyridine rings is 1. The van der Waals surface area contributed by atoms with Crippen LogP contribution in [0.1, 0.15) is 13.8 Å². The third-order valence-corrected chi connectivity index (χ3v) is 2.48. The molecule has 4 N–H and O–H groups in total. The Morgan fingerprint density at radius 2 is 1.95 bits per heavy atom. The largest absolute Gasteiger partial charge is 0.467 e. The number of nitrogens with two attached hydrogens (primary N) is 1. The first kappa shape index (κ1) is 15.1. The zero-order valence-corrected chi connectivity index (χ0v) is 10.8. The number of rotatable bonds is 5. The first-order valence-electron chi connectivity index (χ1n) is 5.57. The Kier molecular flexibility index (Phi) is 4.99. The van der Waals surface area contributed by atoms with Crippen molar-refractivity contribution in [1.82, 2.24) is 4.98 Å². The quantitative estimate of drug-likeness (QED) is 0.425. The van der Waals surface area contributed by atoms with Gasteiger partial charge in [-0.05, 0) is 5.92 Å². The van der Waals surface area contributed by atoms with Gasteiger partial charge in [-0.15, -0.1) is 0 Å². The van der Waals surface area contributed by atoms with E-state index in [0.29, 0.717) is 6.07 Å². The van der Waals surface area contributed by atoms with Crippen LogP contribution in [-0.4, -0.2) is 24.1 Å². The van der Waals surface area contributed by atoms with Gasteiger partial charge in [-0.2, -0.15) is 0 Å². The van der Waals surface area contributed by atoms with E-state index in [-0.39, 0.29) is 17.6 Å². The topological polar surface area (TPSA) is 89.3 Å². The van der Waals surface area contributed by atoms with Gasteiger partial charge in [0.1, 0.15) is 6.04 Å². The minimum absolute atomic E-state index is 0.173. The molecule has 0 radical (unpaired) electrons. The molecule has 1 aromatic heterocycles. The standard InChI is InChI=1S/C11H16F2N4O2/c1-5(2)8(11(18)19-3)15-9-6(12)4-7(13)10(16-9)17-14/h4-5,8H,14H2,1-3H3,(H2,15,16,17). The molecule has 0 saturated carbocycles. The summed E-state index contributed by atoms with van der Waals surface area (Å²) in [6, 6.07) is -0.178. The normalized spacial score (nSPS) is 12.2. The van der Waals surface area contributed by atoms with Crippen LogP contribution >= 0.6 is 0 Å². The van der Waals surface area contributed by atoms with Crippen LogP contribution in [0, 0.1) is 17.6 Å². The van der Waals surface area contributed by atoms with Gasteiger partial charge in [-0.1, -0.05) is 13.8 Å². The van der Waals surface area contributed by atoms with Crippen LogP contribution < -0.4 is 16.6 Å². The van der Waals surface area contributed by atoms with Crippen molar-refractivity contribution in [2.24, 2.45) is 11.8 Å². The molecule has 0 aromatic carbocycles. The monoisotopic (exact) mass is 274 g/mol. The molecule has 0 bridgehead atoms. The summed E-state index contributed by atoms with van der Waals surface area (Å²) in [7, 11) is 1.22. The first-order valence-corrected chi connectivity index (χ1v) is 5.57. The number of nitrogens with one attached hydrogen (secondary N) is 2. The highest BCUT2D eigenvalue weighted by Crippen LogP contribution is 2.20. The number of anilines is 2. The SMILES string of the molecule is COC(=O)C(Nc1nc(NN)c(F)cc1F)C(C)C. The Labute approximate surface area is 109 Å². The van der Waals surface area contributed by atoms with Gasteiger partial charge in [0.05, 0.1) is 7.11 Å². The van der Waals surface area contributed by atoms with Crippen LogP contribution in [-0.2, 0) is 9.53 Å².